The highest BCUT2D eigenvalue weighted by atomic mass is 31.2. The van der Waals surface area contributed by atoms with Gasteiger partial charge in [-0.3, -0.25) is 9.13 Å². The maximum Gasteiger partial charge on any atom is 0.349 e. The van der Waals surface area contributed by atoms with Crippen LogP contribution in [0.15, 0.2) is 11.4 Å². The van der Waals surface area contributed by atoms with Crippen molar-refractivity contribution >= 4 is 15.2 Å². The molecule has 8 heteroatoms. The van der Waals surface area contributed by atoms with Gasteiger partial charge in [0.25, 0.3) is 0 Å². The van der Waals surface area contributed by atoms with Gasteiger partial charge in [0.1, 0.15) is 0 Å². The van der Waals surface area contributed by atoms with Crippen molar-refractivity contribution in [2.45, 2.75) is 20.8 Å². The third-order valence-electron chi connectivity index (χ3n) is 1.48. The van der Waals surface area contributed by atoms with Crippen LogP contribution in [0, 0.1) is 0 Å². The fourth-order valence-corrected chi connectivity index (χ4v) is 3.71. The largest absolute Gasteiger partial charge is 0.349 e. The molecule has 0 rings (SSSR count). The minimum atomic E-state index is -4.24. The summed E-state index contributed by atoms with van der Waals surface area (Å²) in [5, 5.41) is 0. The second kappa shape index (κ2) is 6.70. The molecule has 0 radical (unpaired) electrons. The van der Waals surface area contributed by atoms with E-state index < -0.39 is 15.2 Å². The van der Waals surface area contributed by atoms with Crippen molar-refractivity contribution in [3.63, 3.8) is 0 Å². The number of allylic oxidation sites excluding steroid dienone is 1. The molecule has 0 saturated heterocycles. The molecule has 0 amide bonds. The Labute approximate surface area is 95.3 Å². The van der Waals surface area contributed by atoms with E-state index in [0.717, 1.165) is 5.82 Å². The number of rotatable bonds is 7. The standard InChI is InChI=1S/C8H18O6P2/c1-4-13-16(12,14-5-2)7-8(3)6-15(9,10)11/h6H,4-5,7H2,1-3H3,(H2,9,10,11). The van der Waals surface area contributed by atoms with E-state index in [0.29, 0.717) is 5.57 Å². The molecule has 16 heavy (non-hydrogen) atoms. The summed E-state index contributed by atoms with van der Waals surface area (Å²) in [6.45, 7) is 5.27. The van der Waals surface area contributed by atoms with Crippen LogP contribution in [0.2, 0.25) is 0 Å². The highest BCUT2D eigenvalue weighted by Crippen LogP contribution is 2.50. The van der Waals surface area contributed by atoms with Crippen LogP contribution in [0.4, 0.5) is 0 Å². The predicted octanol–water partition coefficient (Wildman–Crippen LogP) is 2.33. The third kappa shape index (κ3) is 7.34. The lowest BCUT2D eigenvalue weighted by molar-refractivity contribution is 0.222. The highest BCUT2D eigenvalue weighted by molar-refractivity contribution is 7.56. The van der Waals surface area contributed by atoms with Crippen LogP contribution in [-0.2, 0) is 18.2 Å². The predicted molar refractivity (Wildman–Crippen MR) is 61.5 cm³/mol. The topological polar surface area (TPSA) is 93.1 Å². The summed E-state index contributed by atoms with van der Waals surface area (Å²) < 4.78 is 32.7. The zero-order chi connectivity index (χ0) is 12.8. The lowest BCUT2D eigenvalue weighted by atomic mass is 10.4. The lowest BCUT2D eigenvalue weighted by Gasteiger charge is -2.17. The van der Waals surface area contributed by atoms with Gasteiger partial charge in [-0.2, -0.15) is 0 Å². The number of hydrogen-bond acceptors (Lipinski definition) is 4. The van der Waals surface area contributed by atoms with E-state index in [4.69, 9.17) is 18.8 Å². The maximum absolute atomic E-state index is 12.0. The summed E-state index contributed by atoms with van der Waals surface area (Å²) in [7, 11) is -7.51. The van der Waals surface area contributed by atoms with E-state index in [9.17, 15) is 9.13 Å². The monoisotopic (exact) mass is 272 g/mol. The Morgan fingerprint density at radius 3 is 1.94 bits per heavy atom. The molecule has 96 valence electrons. The van der Waals surface area contributed by atoms with Crippen molar-refractivity contribution in [3.8, 4) is 0 Å². The normalized spacial score (nSPS) is 14.2. The molecule has 6 nitrogen and oxygen atoms in total. The van der Waals surface area contributed by atoms with Crippen molar-refractivity contribution in [1.82, 2.24) is 0 Å². The van der Waals surface area contributed by atoms with E-state index in [1.165, 1.54) is 6.92 Å². The molecule has 0 aromatic rings. The molecular formula is C8H18O6P2. The van der Waals surface area contributed by atoms with Crippen LogP contribution in [0.25, 0.3) is 0 Å². The summed E-state index contributed by atoms with van der Waals surface area (Å²) in [5.41, 5.74) is 0.290. The van der Waals surface area contributed by atoms with Crippen molar-refractivity contribution in [1.29, 1.82) is 0 Å². The summed E-state index contributed by atoms with van der Waals surface area (Å²) in [6.07, 6.45) is -0.111. The molecule has 0 fully saturated rings. The van der Waals surface area contributed by atoms with Crippen LogP contribution in [0.5, 0.6) is 0 Å². The first-order valence-electron chi connectivity index (χ1n) is 4.84. The third-order valence-corrected chi connectivity index (χ3v) is 4.45. The highest BCUT2D eigenvalue weighted by Gasteiger charge is 2.24. The van der Waals surface area contributed by atoms with Crippen LogP contribution in [-0.4, -0.2) is 29.2 Å². The van der Waals surface area contributed by atoms with E-state index in [-0.39, 0.29) is 19.4 Å². The molecule has 0 aliphatic heterocycles. The van der Waals surface area contributed by atoms with Gasteiger partial charge in [-0.15, -0.1) is 0 Å². The van der Waals surface area contributed by atoms with Crippen LogP contribution < -0.4 is 0 Å². The minimum Gasteiger partial charge on any atom is -0.321 e. The smallest absolute Gasteiger partial charge is 0.321 e. The van der Waals surface area contributed by atoms with Crippen molar-refractivity contribution in [3.05, 3.63) is 11.4 Å². The average molecular weight is 272 g/mol. The van der Waals surface area contributed by atoms with Gasteiger partial charge in [0, 0.05) is 5.82 Å². The average Bonchev–Trinajstić information content (AvgIpc) is 1.99. The summed E-state index contributed by atoms with van der Waals surface area (Å²) in [6, 6.07) is 0. The van der Waals surface area contributed by atoms with Crippen LogP contribution in [0.1, 0.15) is 20.8 Å². The molecule has 0 bridgehead atoms. The van der Waals surface area contributed by atoms with Gasteiger partial charge in [0.15, 0.2) is 0 Å². The van der Waals surface area contributed by atoms with Gasteiger partial charge in [0.05, 0.1) is 19.4 Å². The SMILES string of the molecule is CCOP(=O)(CC(C)=CP(=O)(O)O)OCC. The minimum absolute atomic E-state index is 0.111. The second-order valence-corrected chi connectivity index (χ2v) is 6.66. The van der Waals surface area contributed by atoms with Gasteiger partial charge in [-0.05, 0) is 20.8 Å². The molecular weight excluding hydrogens is 254 g/mol. The summed E-state index contributed by atoms with van der Waals surface area (Å²) in [5.74, 6) is 0.775. The first kappa shape index (κ1) is 16.0. The first-order chi connectivity index (χ1) is 7.22. The van der Waals surface area contributed by atoms with Gasteiger partial charge in [-0.25, -0.2) is 0 Å². The Hall–Kier alpha value is 0.0400. The Morgan fingerprint density at radius 2 is 1.62 bits per heavy atom. The van der Waals surface area contributed by atoms with E-state index >= 15 is 0 Å². The van der Waals surface area contributed by atoms with Gasteiger partial charge in [-0.1, -0.05) is 5.57 Å². The van der Waals surface area contributed by atoms with Crippen molar-refractivity contribution in [2.24, 2.45) is 0 Å². The Morgan fingerprint density at radius 1 is 1.19 bits per heavy atom. The molecule has 0 heterocycles. The van der Waals surface area contributed by atoms with Gasteiger partial charge >= 0.3 is 15.2 Å². The second-order valence-electron chi connectivity index (χ2n) is 3.17. The zero-order valence-electron chi connectivity index (χ0n) is 9.62. The quantitative estimate of drug-likeness (QED) is 0.691. The molecule has 0 aliphatic rings. The fraction of sp³-hybridized carbons (Fsp3) is 0.750. The molecule has 0 atom stereocenters. The summed E-state index contributed by atoms with van der Waals surface area (Å²) >= 11 is 0. The Balaban J connectivity index is 4.71. The van der Waals surface area contributed by atoms with E-state index in [1.807, 2.05) is 0 Å². The van der Waals surface area contributed by atoms with E-state index in [1.54, 1.807) is 13.8 Å². The zero-order valence-corrected chi connectivity index (χ0v) is 11.4. The van der Waals surface area contributed by atoms with Gasteiger partial charge in [0.2, 0.25) is 0 Å². The van der Waals surface area contributed by atoms with Crippen molar-refractivity contribution < 1.29 is 28.0 Å². The fourth-order valence-electron chi connectivity index (χ4n) is 1.16. The van der Waals surface area contributed by atoms with Crippen LogP contribution in [0.3, 0.4) is 0 Å². The molecule has 2 N–H and O–H groups in total. The van der Waals surface area contributed by atoms with Crippen molar-refractivity contribution in [2.75, 3.05) is 19.4 Å². The lowest BCUT2D eigenvalue weighted by Crippen LogP contribution is -2.01. The van der Waals surface area contributed by atoms with Crippen LogP contribution >= 0.6 is 15.2 Å². The number of hydrogen-bond donors (Lipinski definition) is 2. The molecule has 0 aliphatic carbocycles. The maximum atomic E-state index is 12.0. The van der Waals surface area contributed by atoms with Gasteiger partial charge < -0.3 is 18.8 Å². The molecule has 0 saturated carbocycles. The molecule has 0 spiro atoms. The molecule has 0 aromatic carbocycles. The Bertz CT molecular complexity index is 321. The first-order valence-corrected chi connectivity index (χ1v) is 8.25. The molecule has 0 unspecified atom stereocenters. The summed E-state index contributed by atoms with van der Waals surface area (Å²) in [4.78, 5) is 17.4. The van der Waals surface area contributed by atoms with E-state index in [2.05, 4.69) is 0 Å². The molecule has 0 aromatic heterocycles. The Kier molecular flexibility index (Phi) is 6.71.